The van der Waals surface area contributed by atoms with Crippen molar-refractivity contribution in [3.63, 3.8) is 0 Å². The zero-order valence-electron chi connectivity index (χ0n) is 7.67. The normalized spacial score (nSPS) is 12.8. The Morgan fingerprint density at radius 2 is 1.55 bits per heavy atom. The summed E-state index contributed by atoms with van der Waals surface area (Å²) in [6.45, 7) is 8.24. The molecule has 0 saturated heterocycles. The van der Waals surface area contributed by atoms with E-state index >= 15 is 0 Å². The summed E-state index contributed by atoms with van der Waals surface area (Å²) in [6.07, 6.45) is 0. The zero-order valence-corrected chi connectivity index (χ0v) is 8.49. The van der Waals surface area contributed by atoms with Crippen LogP contribution < -0.4 is 0 Å². The van der Waals surface area contributed by atoms with Gasteiger partial charge in [-0.1, -0.05) is 0 Å². The minimum Gasteiger partial charge on any atom is -0.204 e. The molecule has 4 heteroatoms. The molecule has 0 aromatic carbocycles. The lowest BCUT2D eigenvalue weighted by Gasteiger charge is -2.14. The lowest BCUT2D eigenvalue weighted by Crippen LogP contribution is -2.26. The summed E-state index contributed by atoms with van der Waals surface area (Å²) in [6, 6.07) is 0. The van der Waals surface area contributed by atoms with Crippen LogP contribution in [-0.2, 0) is 10.0 Å². The molecule has 0 atom stereocenters. The second kappa shape index (κ2) is 2.93. The largest absolute Gasteiger partial charge is 0.257 e. The van der Waals surface area contributed by atoms with Crippen molar-refractivity contribution in [3.05, 3.63) is 0 Å². The number of rotatable bonds is 1. The molecule has 0 aliphatic carbocycles. The van der Waals surface area contributed by atoms with Crippen LogP contribution in [0.4, 0.5) is 0 Å². The molecule has 0 aromatic rings. The van der Waals surface area contributed by atoms with Crippen molar-refractivity contribution in [1.82, 2.24) is 0 Å². The van der Waals surface area contributed by atoms with Gasteiger partial charge in [0, 0.05) is 5.71 Å². The van der Waals surface area contributed by atoms with Gasteiger partial charge in [0.15, 0.2) is 0 Å². The Bertz CT molecular complexity index is 253. The zero-order chi connectivity index (χ0) is 9.28. The van der Waals surface area contributed by atoms with Crippen LogP contribution in [0.2, 0.25) is 0 Å². The molecule has 0 spiro atoms. The van der Waals surface area contributed by atoms with Crippen molar-refractivity contribution < 1.29 is 8.42 Å². The van der Waals surface area contributed by atoms with Crippen LogP contribution in [0.5, 0.6) is 0 Å². The second-order valence-corrected chi connectivity index (χ2v) is 5.98. The van der Waals surface area contributed by atoms with E-state index in [-0.39, 0.29) is 0 Å². The molecule has 0 bridgehead atoms. The Kier molecular flexibility index (Phi) is 2.83. The molecule has 66 valence electrons. The molecule has 3 nitrogen and oxygen atoms in total. The standard InChI is InChI=1S/C7H15NO2S/c1-6(2)8-11(9,10)7(3,4)5/h1-5H3. The number of sulfonamides is 1. The molecule has 0 saturated carbocycles. The number of nitrogens with zero attached hydrogens (tertiary/aromatic N) is 1. The number of hydrogen-bond acceptors (Lipinski definition) is 2. The lowest BCUT2D eigenvalue weighted by molar-refractivity contribution is 0.562. The molecule has 0 radical (unpaired) electrons. The Balaban J connectivity index is 4.95. The summed E-state index contributed by atoms with van der Waals surface area (Å²) >= 11 is 0. The minimum absolute atomic E-state index is 0.569. The predicted octanol–water partition coefficient (Wildman–Crippen LogP) is 1.60. The average molecular weight is 177 g/mol. The highest BCUT2D eigenvalue weighted by atomic mass is 32.2. The molecule has 0 unspecified atom stereocenters. The van der Waals surface area contributed by atoms with Gasteiger partial charge in [-0.05, 0) is 34.6 Å². The maximum absolute atomic E-state index is 11.3. The van der Waals surface area contributed by atoms with E-state index in [2.05, 4.69) is 4.40 Å². The summed E-state index contributed by atoms with van der Waals surface area (Å²) in [5, 5.41) is 0. The van der Waals surface area contributed by atoms with Gasteiger partial charge in [-0.15, -0.1) is 0 Å². The van der Waals surface area contributed by atoms with Crippen LogP contribution in [0.1, 0.15) is 34.6 Å². The summed E-state index contributed by atoms with van der Waals surface area (Å²) in [4.78, 5) is 0. The van der Waals surface area contributed by atoms with E-state index in [0.717, 1.165) is 0 Å². The van der Waals surface area contributed by atoms with Gasteiger partial charge < -0.3 is 0 Å². The van der Waals surface area contributed by atoms with Gasteiger partial charge in [0.05, 0.1) is 4.75 Å². The maximum atomic E-state index is 11.3. The molecule has 0 amide bonds. The fraction of sp³-hybridized carbons (Fsp3) is 0.857. The molecule has 0 rings (SSSR count). The highest BCUT2D eigenvalue weighted by Gasteiger charge is 2.27. The molecule has 11 heavy (non-hydrogen) atoms. The van der Waals surface area contributed by atoms with Crippen molar-refractivity contribution in [3.8, 4) is 0 Å². The Hall–Kier alpha value is -0.380. The number of hydrogen-bond donors (Lipinski definition) is 0. The molecule has 0 fully saturated rings. The van der Waals surface area contributed by atoms with Crippen molar-refractivity contribution in [2.24, 2.45) is 4.40 Å². The molecule has 0 heterocycles. The van der Waals surface area contributed by atoms with Crippen molar-refractivity contribution in [1.29, 1.82) is 0 Å². The second-order valence-electron chi connectivity index (χ2n) is 3.63. The summed E-state index contributed by atoms with van der Waals surface area (Å²) < 4.78 is 25.3. The molecule has 0 N–H and O–H groups in total. The van der Waals surface area contributed by atoms with E-state index < -0.39 is 14.8 Å². The van der Waals surface area contributed by atoms with Crippen molar-refractivity contribution >= 4 is 15.7 Å². The molecule has 0 aliphatic rings. The van der Waals surface area contributed by atoms with Crippen LogP contribution in [-0.4, -0.2) is 18.9 Å². The Morgan fingerprint density at radius 1 is 1.18 bits per heavy atom. The minimum atomic E-state index is -3.31. The third-order valence-electron chi connectivity index (χ3n) is 1.08. The maximum Gasteiger partial charge on any atom is 0.257 e. The van der Waals surface area contributed by atoms with Crippen molar-refractivity contribution in [2.45, 2.75) is 39.4 Å². The van der Waals surface area contributed by atoms with E-state index in [9.17, 15) is 8.42 Å². The first-order valence-corrected chi connectivity index (χ1v) is 4.88. The first-order chi connectivity index (χ1) is 4.67. The van der Waals surface area contributed by atoms with Gasteiger partial charge in [-0.25, -0.2) is 8.42 Å². The molecular formula is C7H15NO2S. The van der Waals surface area contributed by atoms with E-state index in [1.54, 1.807) is 34.6 Å². The average Bonchev–Trinajstić information content (AvgIpc) is 1.56. The SMILES string of the molecule is CC(C)=NS(=O)(=O)C(C)(C)C. The Labute approximate surface area is 68.6 Å². The van der Waals surface area contributed by atoms with Crippen LogP contribution in [0.15, 0.2) is 4.40 Å². The van der Waals surface area contributed by atoms with Crippen LogP contribution >= 0.6 is 0 Å². The fourth-order valence-corrected chi connectivity index (χ4v) is 1.13. The monoisotopic (exact) mass is 177 g/mol. The van der Waals surface area contributed by atoms with E-state index in [0.29, 0.717) is 5.71 Å². The van der Waals surface area contributed by atoms with E-state index in [1.165, 1.54) is 0 Å². The summed E-state index contributed by atoms with van der Waals surface area (Å²) in [5.74, 6) is 0. The van der Waals surface area contributed by atoms with Crippen LogP contribution in [0.25, 0.3) is 0 Å². The molecule has 0 aliphatic heterocycles. The summed E-state index contributed by atoms with van der Waals surface area (Å²) in [5.41, 5.74) is 0.569. The van der Waals surface area contributed by atoms with Crippen LogP contribution in [0, 0.1) is 0 Å². The fourth-order valence-electron chi connectivity index (χ4n) is 0.377. The molecule has 0 aromatic heterocycles. The lowest BCUT2D eigenvalue weighted by atomic mass is 10.3. The highest BCUT2D eigenvalue weighted by Crippen LogP contribution is 2.16. The Morgan fingerprint density at radius 3 is 1.64 bits per heavy atom. The smallest absolute Gasteiger partial charge is 0.204 e. The van der Waals surface area contributed by atoms with Gasteiger partial charge in [0.1, 0.15) is 0 Å². The first kappa shape index (κ1) is 10.6. The topological polar surface area (TPSA) is 46.5 Å². The van der Waals surface area contributed by atoms with Crippen LogP contribution in [0.3, 0.4) is 0 Å². The summed E-state index contributed by atoms with van der Waals surface area (Å²) in [7, 11) is -3.31. The predicted molar refractivity (Wildman–Crippen MR) is 47.5 cm³/mol. The van der Waals surface area contributed by atoms with Gasteiger partial charge in [0.2, 0.25) is 0 Å². The molecular weight excluding hydrogens is 162 g/mol. The third-order valence-corrected chi connectivity index (χ3v) is 3.23. The first-order valence-electron chi connectivity index (χ1n) is 3.44. The highest BCUT2D eigenvalue weighted by molar-refractivity contribution is 7.91. The third kappa shape index (κ3) is 3.01. The van der Waals surface area contributed by atoms with Gasteiger partial charge in [-0.2, -0.15) is 4.40 Å². The van der Waals surface area contributed by atoms with Gasteiger partial charge in [-0.3, -0.25) is 0 Å². The quantitative estimate of drug-likeness (QED) is 0.571. The van der Waals surface area contributed by atoms with Gasteiger partial charge >= 0.3 is 0 Å². The van der Waals surface area contributed by atoms with Gasteiger partial charge in [0.25, 0.3) is 10.0 Å². The van der Waals surface area contributed by atoms with E-state index in [1.807, 2.05) is 0 Å². The van der Waals surface area contributed by atoms with Crippen molar-refractivity contribution in [2.75, 3.05) is 0 Å². The van der Waals surface area contributed by atoms with E-state index in [4.69, 9.17) is 0 Å².